The molecule has 0 spiro atoms. The van der Waals surface area contributed by atoms with E-state index in [1.165, 1.54) is 0 Å². The predicted molar refractivity (Wildman–Crippen MR) is 61.6 cm³/mol. The molecular formula is C11H15N3O3. The summed E-state index contributed by atoms with van der Waals surface area (Å²) in [5, 5.41) is 17.6. The Morgan fingerprint density at radius 1 is 1.65 bits per heavy atom. The van der Waals surface area contributed by atoms with Crippen LogP contribution >= 0.6 is 0 Å². The van der Waals surface area contributed by atoms with Crippen LogP contribution in [0.1, 0.15) is 37.3 Å². The quantitative estimate of drug-likeness (QED) is 0.486. The fourth-order valence-corrected chi connectivity index (χ4v) is 2.02. The molecule has 1 N–H and O–H groups in total. The summed E-state index contributed by atoms with van der Waals surface area (Å²) in [6.45, 7) is 3.54. The predicted octanol–water partition coefficient (Wildman–Crippen LogP) is 2.42. The van der Waals surface area contributed by atoms with Crippen molar-refractivity contribution < 1.29 is 9.66 Å². The SMILES string of the molecule is Cc1n[nH]c([C@@H]2CCC=C[C@@H](C)O2)c1[N+](=O)[O-]. The highest BCUT2D eigenvalue weighted by molar-refractivity contribution is 5.41. The third kappa shape index (κ3) is 2.36. The lowest BCUT2D eigenvalue weighted by atomic mass is 10.1. The average Bonchev–Trinajstić information content (AvgIpc) is 2.51. The van der Waals surface area contributed by atoms with Gasteiger partial charge in [0, 0.05) is 0 Å². The number of aromatic amines is 1. The Kier molecular flexibility index (Phi) is 3.23. The van der Waals surface area contributed by atoms with Crippen molar-refractivity contribution in [1.29, 1.82) is 0 Å². The van der Waals surface area contributed by atoms with Gasteiger partial charge in [-0.25, -0.2) is 0 Å². The number of aryl methyl sites for hydroxylation is 1. The van der Waals surface area contributed by atoms with Crippen LogP contribution in [0, 0.1) is 17.0 Å². The number of allylic oxidation sites excluding steroid dienone is 1. The maximum absolute atomic E-state index is 11.0. The van der Waals surface area contributed by atoms with Gasteiger partial charge < -0.3 is 4.74 Å². The van der Waals surface area contributed by atoms with Gasteiger partial charge in [0.05, 0.1) is 11.0 Å². The molecule has 2 heterocycles. The summed E-state index contributed by atoms with van der Waals surface area (Å²) in [5.74, 6) is 0. The Morgan fingerprint density at radius 2 is 2.41 bits per heavy atom. The van der Waals surface area contributed by atoms with E-state index >= 15 is 0 Å². The summed E-state index contributed by atoms with van der Waals surface area (Å²) in [4.78, 5) is 10.6. The molecule has 1 aromatic heterocycles. The summed E-state index contributed by atoms with van der Waals surface area (Å²) in [6, 6.07) is 0. The van der Waals surface area contributed by atoms with Crippen molar-refractivity contribution in [2.75, 3.05) is 0 Å². The zero-order chi connectivity index (χ0) is 12.4. The van der Waals surface area contributed by atoms with Gasteiger partial charge in [0.15, 0.2) is 0 Å². The number of H-pyrrole nitrogens is 1. The number of hydrogen-bond acceptors (Lipinski definition) is 4. The molecule has 0 unspecified atom stereocenters. The first-order valence-electron chi connectivity index (χ1n) is 5.61. The summed E-state index contributed by atoms with van der Waals surface area (Å²) >= 11 is 0. The maximum Gasteiger partial charge on any atom is 0.315 e. The molecule has 0 amide bonds. The van der Waals surface area contributed by atoms with E-state index in [4.69, 9.17) is 4.74 Å². The number of rotatable bonds is 2. The fourth-order valence-electron chi connectivity index (χ4n) is 2.02. The minimum absolute atomic E-state index is 0.0364. The van der Waals surface area contributed by atoms with E-state index in [0.717, 1.165) is 12.8 Å². The second kappa shape index (κ2) is 4.67. The number of nitrogens with one attached hydrogen (secondary N) is 1. The highest BCUT2D eigenvalue weighted by Gasteiger charge is 2.29. The van der Waals surface area contributed by atoms with Crippen LogP contribution in [-0.2, 0) is 4.74 Å². The van der Waals surface area contributed by atoms with Gasteiger partial charge in [-0.15, -0.1) is 0 Å². The third-order valence-electron chi connectivity index (χ3n) is 2.83. The Bertz CT molecular complexity index is 453. The van der Waals surface area contributed by atoms with Crippen molar-refractivity contribution >= 4 is 5.69 Å². The zero-order valence-electron chi connectivity index (χ0n) is 9.84. The molecule has 6 nitrogen and oxygen atoms in total. The van der Waals surface area contributed by atoms with E-state index < -0.39 is 4.92 Å². The van der Waals surface area contributed by atoms with Gasteiger partial charge in [0.2, 0.25) is 0 Å². The second-order valence-corrected chi connectivity index (χ2v) is 4.16. The van der Waals surface area contributed by atoms with Crippen LogP contribution in [0.15, 0.2) is 12.2 Å². The normalized spacial score (nSPS) is 24.6. The molecule has 2 atom stereocenters. The monoisotopic (exact) mass is 237 g/mol. The smallest absolute Gasteiger partial charge is 0.315 e. The Morgan fingerprint density at radius 3 is 3.12 bits per heavy atom. The minimum Gasteiger partial charge on any atom is -0.365 e. The van der Waals surface area contributed by atoms with E-state index in [-0.39, 0.29) is 17.9 Å². The van der Waals surface area contributed by atoms with E-state index in [1.807, 2.05) is 19.1 Å². The van der Waals surface area contributed by atoms with E-state index in [9.17, 15) is 10.1 Å². The summed E-state index contributed by atoms with van der Waals surface area (Å²) in [5.41, 5.74) is 0.922. The highest BCUT2D eigenvalue weighted by Crippen LogP contribution is 2.33. The van der Waals surface area contributed by atoms with Crippen molar-refractivity contribution in [2.24, 2.45) is 0 Å². The first kappa shape index (κ1) is 11.8. The van der Waals surface area contributed by atoms with Crippen molar-refractivity contribution in [3.8, 4) is 0 Å². The van der Waals surface area contributed by atoms with Gasteiger partial charge >= 0.3 is 5.69 Å². The van der Waals surface area contributed by atoms with Crippen LogP contribution in [0.4, 0.5) is 5.69 Å². The molecule has 0 saturated carbocycles. The number of nitro groups is 1. The van der Waals surface area contributed by atoms with E-state index in [0.29, 0.717) is 11.4 Å². The first-order valence-corrected chi connectivity index (χ1v) is 5.61. The summed E-state index contributed by atoms with van der Waals surface area (Å²) in [7, 11) is 0. The van der Waals surface area contributed by atoms with E-state index in [2.05, 4.69) is 10.2 Å². The van der Waals surface area contributed by atoms with Crippen molar-refractivity contribution in [2.45, 2.75) is 38.9 Å². The maximum atomic E-state index is 11.0. The van der Waals surface area contributed by atoms with Crippen LogP contribution in [0.25, 0.3) is 0 Å². The number of aromatic nitrogens is 2. The second-order valence-electron chi connectivity index (χ2n) is 4.16. The lowest BCUT2D eigenvalue weighted by Gasteiger charge is -2.16. The number of ether oxygens (including phenoxy) is 1. The molecule has 0 saturated heterocycles. The standard InChI is InChI=1S/C11H15N3O3/c1-7-5-3-4-6-9(17-7)10-11(14(15)16)8(2)12-13-10/h3,5,7,9H,4,6H2,1-2H3,(H,12,13)/t7-,9+/m1/s1. The van der Waals surface area contributed by atoms with Gasteiger partial charge in [0.1, 0.15) is 17.5 Å². The molecule has 0 fully saturated rings. The molecule has 0 radical (unpaired) electrons. The molecule has 92 valence electrons. The number of hydrogen-bond donors (Lipinski definition) is 1. The Balaban J connectivity index is 2.30. The van der Waals surface area contributed by atoms with Crippen molar-refractivity contribution in [3.05, 3.63) is 33.7 Å². The zero-order valence-corrected chi connectivity index (χ0v) is 9.84. The van der Waals surface area contributed by atoms with Crippen LogP contribution in [0.2, 0.25) is 0 Å². The average molecular weight is 237 g/mol. The largest absolute Gasteiger partial charge is 0.365 e. The molecule has 1 aliphatic heterocycles. The molecule has 6 heteroatoms. The van der Waals surface area contributed by atoms with Gasteiger partial charge in [0.25, 0.3) is 0 Å². The highest BCUT2D eigenvalue weighted by atomic mass is 16.6. The van der Waals surface area contributed by atoms with Gasteiger partial charge in [-0.3, -0.25) is 15.2 Å². The lowest BCUT2D eigenvalue weighted by Crippen LogP contribution is -2.11. The third-order valence-corrected chi connectivity index (χ3v) is 2.83. The van der Waals surface area contributed by atoms with E-state index in [1.54, 1.807) is 6.92 Å². The molecule has 1 aromatic rings. The van der Waals surface area contributed by atoms with Gasteiger partial charge in [-0.2, -0.15) is 5.10 Å². The van der Waals surface area contributed by atoms with Gasteiger partial charge in [-0.05, 0) is 26.7 Å². The van der Waals surface area contributed by atoms with Crippen LogP contribution in [-0.4, -0.2) is 21.2 Å². The molecular weight excluding hydrogens is 222 g/mol. The van der Waals surface area contributed by atoms with Gasteiger partial charge in [-0.1, -0.05) is 12.2 Å². The van der Waals surface area contributed by atoms with Crippen LogP contribution < -0.4 is 0 Å². The molecule has 0 aliphatic carbocycles. The Hall–Kier alpha value is -1.69. The van der Waals surface area contributed by atoms with Crippen LogP contribution in [0.3, 0.4) is 0 Å². The summed E-state index contributed by atoms with van der Waals surface area (Å²) in [6.07, 6.45) is 5.26. The first-order chi connectivity index (χ1) is 8.09. The molecule has 2 rings (SSSR count). The van der Waals surface area contributed by atoms with Crippen molar-refractivity contribution in [3.63, 3.8) is 0 Å². The topological polar surface area (TPSA) is 81.0 Å². The fraction of sp³-hybridized carbons (Fsp3) is 0.545. The minimum atomic E-state index is -0.402. The summed E-state index contributed by atoms with van der Waals surface area (Å²) < 4.78 is 5.74. The Labute approximate surface area is 98.8 Å². The molecule has 17 heavy (non-hydrogen) atoms. The van der Waals surface area contributed by atoms with Crippen molar-refractivity contribution in [1.82, 2.24) is 10.2 Å². The molecule has 0 aromatic carbocycles. The molecule has 1 aliphatic rings. The van der Waals surface area contributed by atoms with Crippen LogP contribution in [0.5, 0.6) is 0 Å². The molecule has 0 bridgehead atoms. The number of nitrogens with zero attached hydrogens (tertiary/aromatic N) is 2. The lowest BCUT2D eigenvalue weighted by molar-refractivity contribution is -0.386.